The van der Waals surface area contributed by atoms with Gasteiger partial charge in [0.15, 0.2) is 0 Å². The van der Waals surface area contributed by atoms with Gasteiger partial charge in [-0.05, 0) is 64.2 Å². The van der Waals surface area contributed by atoms with Crippen LogP contribution in [0.1, 0.15) is 155 Å². The van der Waals surface area contributed by atoms with Crippen molar-refractivity contribution in [3.63, 3.8) is 0 Å². The zero-order chi connectivity index (χ0) is 37.5. The highest BCUT2D eigenvalue weighted by Gasteiger charge is 2.27. The number of carbonyl (C=O) groups is 1. The minimum absolute atomic E-state index is 0.0775. The van der Waals surface area contributed by atoms with Crippen molar-refractivity contribution in [1.82, 2.24) is 5.32 Å². The Bertz CT molecular complexity index is 1020. The summed E-state index contributed by atoms with van der Waals surface area (Å²) in [5, 5.41) is 13.7. The molecular weight excluding hydrogens is 659 g/mol. The Morgan fingerprint density at radius 3 is 1.63 bits per heavy atom. The van der Waals surface area contributed by atoms with E-state index in [9.17, 15) is 19.4 Å². The predicted molar refractivity (Wildman–Crippen MR) is 216 cm³/mol. The van der Waals surface area contributed by atoms with Gasteiger partial charge in [-0.25, -0.2) is 4.57 Å². The fourth-order valence-corrected chi connectivity index (χ4v) is 6.07. The quantitative estimate of drug-likeness (QED) is 0.0286. The average Bonchev–Trinajstić information content (AvgIpc) is 3.12. The lowest BCUT2D eigenvalue weighted by Gasteiger charge is -2.25. The SMILES string of the molecule is CC/C=C\C/C=C\C/C=C\C/C=C\C/C=C\C/C=C\CCCCC(=O)NC(COP(=O)(O)OCCN)C(O)CCCCCCCCCCCCC. The smallest absolute Gasteiger partial charge is 0.391 e. The first-order valence-electron chi connectivity index (χ1n) is 20.1. The van der Waals surface area contributed by atoms with E-state index < -0.39 is 20.0 Å². The van der Waals surface area contributed by atoms with Gasteiger partial charge < -0.3 is 21.1 Å². The molecule has 0 aliphatic carbocycles. The van der Waals surface area contributed by atoms with Crippen LogP contribution in [0.2, 0.25) is 0 Å². The fourth-order valence-electron chi connectivity index (χ4n) is 5.31. The van der Waals surface area contributed by atoms with Crippen molar-refractivity contribution in [1.29, 1.82) is 0 Å². The van der Waals surface area contributed by atoms with E-state index >= 15 is 0 Å². The predicted octanol–water partition coefficient (Wildman–Crippen LogP) is 10.9. The third-order valence-electron chi connectivity index (χ3n) is 8.32. The summed E-state index contributed by atoms with van der Waals surface area (Å²) in [5.74, 6) is -0.208. The number of aliphatic hydroxyl groups is 1. The molecule has 3 atom stereocenters. The molecule has 0 spiro atoms. The van der Waals surface area contributed by atoms with Gasteiger partial charge in [-0.3, -0.25) is 13.8 Å². The molecule has 0 aromatic heterocycles. The number of allylic oxidation sites excluding steroid dienone is 12. The molecule has 5 N–H and O–H groups in total. The molecule has 0 radical (unpaired) electrons. The largest absolute Gasteiger partial charge is 0.472 e. The van der Waals surface area contributed by atoms with E-state index in [4.69, 9.17) is 14.8 Å². The summed E-state index contributed by atoms with van der Waals surface area (Å²) in [5.41, 5.74) is 5.36. The van der Waals surface area contributed by atoms with Crippen molar-refractivity contribution in [2.75, 3.05) is 19.8 Å². The topological polar surface area (TPSA) is 131 Å². The summed E-state index contributed by atoms with van der Waals surface area (Å²) < 4.78 is 22.1. The molecule has 51 heavy (non-hydrogen) atoms. The minimum Gasteiger partial charge on any atom is -0.391 e. The van der Waals surface area contributed by atoms with Crippen LogP contribution in [0.15, 0.2) is 72.9 Å². The van der Waals surface area contributed by atoms with Gasteiger partial charge in [-0.2, -0.15) is 0 Å². The summed E-state index contributed by atoms with van der Waals surface area (Å²) >= 11 is 0. The van der Waals surface area contributed by atoms with Crippen LogP contribution in [-0.2, 0) is 18.4 Å². The lowest BCUT2D eigenvalue weighted by atomic mass is 10.0. The molecule has 0 saturated carbocycles. The van der Waals surface area contributed by atoms with Gasteiger partial charge in [-0.15, -0.1) is 0 Å². The molecule has 1 amide bonds. The van der Waals surface area contributed by atoms with Gasteiger partial charge in [0, 0.05) is 13.0 Å². The van der Waals surface area contributed by atoms with Crippen LogP contribution >= 0.6 is 7.82 Å². The Hall–Kier alpha value is -2.06. The van der Waals surface area contributed by atoms with Crippen molar-refractivity contribution in [3.05, 3.63) is 72.9 Å². The maximum atomic E-state index is 12.7. The molecule has 0 aromatic rings. The lowest BCUT2D eigenvalue weighted by Crippen LogP contribution is -2.46. The third kappa shape index (κ3) is 36.1. The van der Waals surface area contributed by atoms with Crippen LogP contribution in [0.5, 0.6) is 0 Å². The number of phosphoric ester groups is 1. The number of carbonyl (C=O) groups excluding carboxylic acids is 1. The highest BCUT2D eigenvalue weighted by atomic mass is 31.2. The highest BCUT2D eigenvalue weighted by molar-refractivity contribution is 7.47. The molecular formula is C42H75N2O6P. The maximum absolute atomic E-state index is 12.7. The van der Waals surface area contributed by atoms with Crippen LogP contribution in [0.3, 0.4) is 0 Å². The molecule has 0 bridgehead atoms. The molecule has 0 aromatic carbocycles. The minimum atomic E-state index is -4.33. The van der Waals surface area contributed by atoms with Crippen molar-refractivity contribution < 1.29 is 28.4 Å². The number of rotatable bonds is 36. The normalized spacial score (nSPS) is 15.0. The molecule has 0 rings (SSSR count). The van der Waals surface area contributed by atoms with Crippen molar-refractivity contribution in [2.45, 2.75) is 167 Å². The Labute approximate surface area is 312 Å². The number of hydrogen-bond donors (Lipinski definition) is 4. The van der Waals surface area contributed by atoms with E-state index in [-0.39, 0.29) is 25.7 Å². The first-order valence-corrected chi connectivity index (χ1v) is 21.5. The van der Waals surface area contributed by atoms with Crippen molar-refractivity contribution >= 4 is 13.7 Å². The van der Waals surface area contributed by atoms with Crippen LogP contribution in [0, 0.1) is 0 Å². The van der Waals surface area contributed by atoms with E-state index in [1.54, 1.807) is 0 Å². The molecule has 0 fully saturated rings. The van der Waals surface area contributed by atoms with E-state index in [0.717, 1.165) is 70.6 Å². The molecule has 9 heteroatoms. The van der Waals surface area contributed by atoms with Crippen LogP contribution in [-0.4, -0.2) is 47.8 Å². The highest BCUT2D eigenvalue weighted by Crippen LogP contribution is 2.43. The fraction of sp³-hybridized carbons (Fsp3) is 0.690. The summed E-state index contributed by atoms with van der Waals surface area (Å²) in [6.07, 6.45) is 47.7. The summed E-state index contributed by atoms with van der Waals surface area (Å²) in [6, 6.07) is -0.800. The van der Waals surface area contributed by atoms with Gasteiger partial charge >= 0.3 is 7.82 Å². The Morgan fingerprint density at radius 2 is 1.14 bits per heavy atom. The molecule has 0 aliphatic rings. The molecule has 8 nitrogen and oxygen atoms in total. The number of aliphatic hydroxyl groups excluding tert-OH is 1. The third-order valence-corrected chi connectivity index (χ3v) is 9.31. The molecule has 0 aliphatic heterocycles. The molecule has 0 saturated heterocycles. The Balaban J connectivity index is 4.30. The zero-order valence-electron chi connectivity index (χ0n) is 32.3. The van der Waals surface area contributed by atoms with Gasteiger partial charge in [-0.1, -0.05) is 157 Å². The molecule has 0 heterocycles. The standard InChI is InChI=1S/C42H75N2O6P/c1-3-5-7-9-11-13-15-16-17-18-19-20-21-22-23-24-26-28-30-32-34-36-42(46)44-40(39-50-51(47,48)49-38-37-43)41(45)35-33-31-29-27-25-14-12-10-8-6-4-2/h5,7,11,13,16-17,19-20,22-23,26,28,40-41,45H,3-4,6,8-10,12,14-15,18,21,24-25,27,29-39,43H2,1-2H3,(H,44,46)(H,47,48)/b7-5-,13-11-,17-16-,20-19-,23-22-,28-26-. The van der Waals surface area contributed by atoms with Crippen molar-refractivity contribution in [3.8, 4) is 0 Å². The number of hydrogen-bond acceptors (Lipinski definition) is 6. The monoisotopic (exact) mass is 735 g/mol. The first kappa shape index (κ1) is 48.9. The zero-order valence-corrected chi connectivity index (χ0v) is 33.2. The van der Waals surface area contributed by atoms with Crippen LogP contribution < -0.4 is 11.1 Å². The van der Waals surface area contributed by atoms with Gasteiger partial charge in [0.05, 0.1) is 25.4 Å². The first-order chi connectivity index (χ1) is 24.9. The summed E-state index contributed by atoms with van der Waals surface area (Å²) in [6.45, 7) is 4.02. The van der Waals surface area contributed by atoms with E-state index in [0.29, 0.717) is 19.3 Å². The second-order valence-electron chi connectivity index (χ2n) is 13.1. The number of amides is 1. The molecule has 294 valence electrons. The van der Waals surface area contributed by atoms with Gasteiger partial charge in [0.2, 0.25) is 5.91 Å². The second-order valence-corrected chi connectivity index (χ2v) is 14.6. The number of unbranched alkanes of at least 4 members (excludes halogenated alkanes) is 12. The molecule has 3 unspecified atom stereocenters. The van der Waals surface area contributed by atoms with Crippen molar-refractivity contribution in [2.24, 2.45) is 5.73 Å². The van der Waals surface area contributed by atoms with E-state index in [1.807, 2.05) is 0 Å². The Morgan fingerprint density at radius 1 is 0.667 bits per heavy atom. The number of nitrogens with two attached hydrogens (primary N) is 1. The van der Waals surface area contributed by atoms with Gasteiger partial charge in [0.1, 0.15) is 0 Å². The number of nitrogens with one attached hydrogen (secondary N) is 1. The lowest BCUT2D eigenvalue weighted by molar-refractivity contribution is -0.123. The number of phosphoric acid groups is 1. The van der Waals surface area contributed by atoms with E-state index in [2.05, 4.69) is 92.1 Å². The maximum Gasteiger partial charge on any atom is 0.472 e. The average molecular weight is 735 g/mol. The van der Waals surface area contributed by atoms with Crippen LogP contribution in [0.25, 0.3) is 0 Å². The van der Waals surface area contributed by atoms with Gasteiger partial charge in [0.25, 0.3) is 0 Å². The second kappa shape index (κ2) is 37.7. The van der Waals surface area contributed by atoms with Crippen LogP contribution in [0.4, 0.5) is 0 Å². The summed E-state index contributed by atoms with van der Waals surface area (Å²) in [4.78, 5) is 22.6. The van der Waals surface area contributed by atoms with E-state index in [1.165, 1.54) is 51.4 Å². The summed E-state index contributed by atoms with van der Waals surface area (Å²) in [7, 11) is -4.33. The Kier molecular flexibility index (Phi) is 36.2.